The van der Waals surface area contributed by atoms with Gasteiger partial charge in [-0.2, -0.15) is 0 Å². The minimum atomic E-state index is -0.249. The molecule has 0 radical (unpaired) electrons. The van der Waals surface area contributed by atoms with Gasteiger partial charge in [0, 0.05) is 18.6 Å². The fraction of sp³-hybridized carbons (Fsp3) is 0.909. The topological polar surface area (TPSA) is 41.6 Å². The van der Waals surface area contributed by atoms with Crippen molar-refractivity contribution in [2.24, 2.45) is 0 Å². The van der Waals surface area contributed by atoms with Crippen LogP contribution in [0.5, 0.6) is 0 Å². The largest absolute Gasteiger partial charge is 0.443 e. The first kappa shape index (κ1) is 10.7. The molecule has 1 amide bonds. The van der Waals surface area contributed by atoms with E-state index >= 15 is 0 Å². The number of ether oxygens (including phenoxy) is 1. The van der Waals surface area contributed by atoms with Gasteiger partial charge in [-0.25, -0.2) is 4.79 Å². The Hall–Kier alpha value is -0.770. The van der Waals surface area contributed by atoms with Crippen molar-refractivity contribution in [1.82, 2.24) is 10.2 Å². The third-order valence-electron chi connectivity index (χ3n) is 3.84. The van der Waals surface area contributed by atoms with Crippen molar-refractivity contribution in [3.63, 3.8) is 0 Å². The molecule has 86 valence electrons. The Morgan fingerprint density at radius 2 is 2.33 bits per heavy atom. The molecule has 0 aromatic heterocycles. The minimum absolute atomic E-state index is 0.0528. The molecule has 0 spiro atoms. The van der Waals surface area contributed by atoms with Gasteiger partial charge in [-0.15, -0.1) is 0 Å². The number of amides is 1. The standard InChI is InChI=1S/C11H20N2O2/c1-4-11(2,3)13-6-5-8-9(7-13)15-10(14)12-8/h8-9H,4-7H2,1-3H3,(H,12,14). The molecule has 15 heavy (non-hydrogen) atoms. The summed E-state index contributed by atoms with van der Waals surface area (Å²) >= 11 is 0. The molecule has 2 aliphatic rings. The second-order valence-corrected chi connectivity index (χ2v) is 5.10. The van der Waals surface area contributed by atoms with E-state index in [0.29, 0.717) is 0 Å². The van der Waals surface area contributed by atoms with Crippen LogP contribution in [0, 0.1) is 0 Å². The first-order chi connectivity index (χ1) is 7.03. The first-order valence-electron chi connectivity index (χ1n) is 5.75. The normalized spacial score (nSPS) is 32.1. The molecule has 0 aromatic rings. The van der Waals surface area contributed by atoms with E-state index < -0.39 is 0 Å². The Morgan fingerprint density at radius 1 is 1.60 bits per heavy atom. The molecule has 0 aliphatic carbocycles. The quantitative estimate of drug-likeness (QED) is 0.751. The molecule has 0 bridgehead atoms. The molecule has 4 nitrogen and oxygen atoms in total. The van der Waals surface area contributed by atoms with Gasteiger partial charge < -0.3 is 10.1 Å². The van der Waals surface area contributed by atoms with Crippen molar-refractivity contribution in [3.05, 3.63) is 0 Å². The zero-order chi connectivity index (χ0) is 11.1. The Labute approximate surface area is 91.0 Å². The molecule has 1 N–H and O–H groups in total. The van der Waals surface area contributed by atoms with Crippen LogP contribution < -0.4 is 5.32 Å². The number of nitrogens with one attached hydrogen (secondary N) is 1. The molecule has 2 unspecified atom stereocenters. The van der Waals surface area contributed by atoms with E-state index in [1.54, 1.807) is 0 Å². The summed E-state index contributed by atoms with van der Waals surface area (Å²) in [5.74, 6) is 0. The van der Waals surface area contributed by atoms with E-state index in [1.807, 2.05) is 0 Å². The Bertz CT molecular complexity index is 265. The number of alkyl carbamates (subject to hydrolysis) is 1. The van der Waals surface area contributed by atoms with Crippen molar-refractivity contribution in [3.8, 4) is 0 Å². The smallest absolute Gasteiger partial charge is 0.407 e. The van der Waals surface area contributed by atoms with Crippen LogP contribution in [0.1, 0.15) is 33.6 Å². The minimum Gasteiger partial charge on any atom is -0.443 e. The fourth-order valence-electron chi connectivity index (χ4n) is 2.30. The van der Waals surface area contributed by atoms with Crippen LogP contribution in [0.4, 0.5) is 4.79 Å². The number of rotatable bonds is 2. The van der Waals surface area contributed by atoms with Gasteiger partial charge in [0.05, 0.1) is 6.04 Å². The van der Waals surface area contributed by atoms with E-state index in [-0.39, 0.29) is 23.8 Å². The lowest BCUT2D eigenvalue weighted by atomic mass is 9.93. The summed E-state index contributed by atoms with van der Waals surface area (Å²) in [5.41, 5.74) is 0.208. The third kappa shape index (κ3) is 1.95. The van der Waals surface area contributed by atoms with Gasteiger partial charge in [0.1, 0.15) is 6.10 Å². The summed E-state index contributed by atoms with van der Waals surface area (Å²) < 4.78 is 5.24. The maximum atomic E-state index is 11.1. The summed E-state index contributed by atoms with van der Waals surface area (Å²) in [4.78, 5) is 13.5. The SMILES string of the molecule is CCC(C)(C)N1CCC2NC(=O)OC2C1. The van der Waals surface area contributed by atoms with Gasteiger partial charge in [-0.1, -0.05) is 6.92 Å². The lowest BCUT2D eigenvalue weighted by molar-refractivity contribution is 0.0169. The van der Waals surface area contributed by atoms with Crippen LogP contribution in [0.2, 0.25) is 0 Å². The maximum absolute atomic E-state index is 11.1. The predicted octanol–water partition coefficient (Wildman–Crippen LogP) is 1.36. The van der Waals surface area contributed by atoms with E-state index in [2.05, 4.69) is 31.0 Å². The molecule has 2 rings (SSSR count). The third-order valence-corrected chi connectivity index (χ3v) is 3.84. The average Bonchev–Trinajstić information content (AvgIpc) is 2.56. The number of carbonyl (C=O) groups is 1. The van der Waals surface area contributed by atoms with Crippen LogP contribution in [-0.2, 0) is 4.74 Å². The van der Waals surface area contributed by atoms with Crippen molar-refractivity contribution < 1.29 is 9.53 Å². The van der Waals surface area contributed by atoms with Gasteiger partial charge >= 0.3 is 6.09 Å². The van der Waals surface area contributed by atoms with E-state index in [1.165, 1.54) is 0 Å². The molecule has 2 atom stereocenters. The monoisotopic (exact) mass is 212 g/mol. The molecular weight excluding hydrogens is 192 g/mol. The second kappa shape index (κ2) is 3.67. The number of likely N-dealkylation sites (tertiary alicyclic amines) is 1. The van der Waals surface area contributed by atoms with Crippen molar-refractivity contribution in [2.45, 2.75) is 51.3 Å². The Morgan fingerprint density at radius 3 is 3.00 bits per heavy atom. The van der Waals surface area contributed by atoms with Gasteiger partial charge in [0.2, 0.25) is 0 Å². The lowest BCUT2D eigenvalue weighted by Gasteiger charge is -2.43. The summed E-state index contributed by atoms with van der Waals surface area (Å²) in [6.07, 6.45) is 1.92. The zero-order valence-corrected chi connectivity index (χ0v) is 9.75. The van der Waals surface area contributed by atoms with Gasteiger partial charge in [-0.05, 0) is 26.7 Å². The Balaban J connectivity index is 2.01. The number of carbonyl (C=O) groups excluding carboxylic acids is 1. The van der Waals surface area contributed by atoms with Crippen molar-refractivity contribution >= 4 is 6.09 Å². The highest BCUT2D eigenvalue weighted by molar-refractivity contribution is 5.70. The summed E-state index contributed by atoms with van der Waals surface area (Å²) in [6, 6.07) is 0.237. The molecular formula is C11H20N2O2. The number of hydrogen-bond donors (Lipinski definition) is 1. The number of fused-ring (bicyclic) bond motifs is 1. The van der Waals surface area contributed by atoms with Crippen LogP contribution in [0.15, 0.2) is 0 Å². The van der Waals surface area contributed by atoms with Crippen LogP contribution >= 0.6 is 0 Å². The fourth-order valence-corrected chi connectivity index (χ4v) is 2.30. The first-order valence-corrected chi connectivity index (χ1v) is 5.75. The average molecular weight is 212 g/mol. The van der Waals surface area contributed by atoms with Crippen LogP contribution in [0.25, 0.3) is 0 Å². The van der Waals surface area contributed by atoms with Gasteiger partial charge in [-0.3, -0.25) is 4.90 Å². The molecule has 2 aliphatic heterocycles. The highest BCUT2D eigenvalue weighted by Gasteiger charge is 2.41. The number of piperidine rings is 1. The van der Waals surface area contributed by atoms with Crippen LogP contribution in [0.3, 0.4) is 0 Å². The molecule has 4 heteroatoms. The molecule has 2 fully saturated rings. The molecule has 0 saturated carbocycles. The molecule has 2 heterocycles. The predicted molar refractivity (Wildman–Crippen MR) is 57.8 cm³/mol. The Kier molecular flexibility index (Phi) is 2.63. The van der Waals surface area contributed by atoms with Crippen LogP contribution in [-0.4, -0.2) is 41.8 Å². The van der Waals surface area contributed by atoms with Gasteiger partial charge in [0.25, 0.3) is 0 Å². The molecule has 2 saturated heterocycles. The summed E-state index contributed by atoms with van der Waals surface area (Å²) in [6.45, 7) is 8.61. The maximum Gasteiger partial charge on any atom is 0.407 e. The highest BCUT2D eigenvalue weighted by Crippen LogP contribution is 2.26. The zero-order valence-electron chi connectivity index (χ0n) is 9.75. The van der Waals surface area contributed by atoms with E-state index in [4.69, 9.17) is 4.74 Å². The van der Waals surface area contributed by atoms with Crippen molar-refractivity contribution in [2.75, 3.05) is 13.1 Å². The second-order valence-electron chi connectivity index (χ2n) is 5.10. The molecule has 0 aromatic carbocycles. The van der Waals surface area contributed by atoms with E-state index in [9.17, 15) is 4.79 Å². The van der Waals surface area contributed by atoms with Crippen molar-refractivity contribution in [1.29, 1.82) is 0 Å². The van der Waals surface area contributed by atoms with E-state index in [0.717, 1.165) is 25.9 Å². The summed E-state index contributed by atoms with van der Waals surface area (Å²) in [7, 11) is 0. The lowest BCUT2D eigenvalue weighted by Crippen LogP contribution is -2.55. The number of hydrogen-bond acceptors (Lipinski definition) is 3. The van der Waals surface area contributed by atoms with Gasteiger partial charge in [0.15, 0.2) is 0 Å². The number of nitrogens with zero attached hydrogens (tertiary/aromatic N) is 1. The highest BCUT2D eigenvalue weighted by atomic mass is 16.6. The summed E-state index contributed by atoms with van der Waals surface area (Å²) in [5, 5.41) is 2.86.